The molecule has 0 radical (unpaired) electrons. The lowest BCUT2D eigenvalue weighted by Crippen LogP contribution is -2.20. The molecule has 0 unspecified atom stereocenters. The van der Waals surface area contributed by atoms with Crippen LogP contribution in [0.2, 0.25) is 0 Å². The van der Waals surface area contributed by atoms with Gasteiger partial charge >= 0.3 is 0 Å². The SMILES string of the molecule is [C-]#[N+]/C(C#N)=C1C2=C(CC=C2)/C(=C(/C#N)[N+]#[C-])C\1(F)F. The largest absolute Gasteiger partial charge is 0.283 e. The minimum Gasteiger partial charge on any atom is -0.226 e. The Kier molecular flexibility index (Phi) is 2.95. The molecule has 0 aromatic heterocycles. The third-order valence-electron chi connectivity index (χ3n) is 3.04. The maximum absolute atomic E-state index is 14.5. The van der Waals surface area contributed by atoms with Gasteiger partial charge in [-0.2, -0.15) is 8.78 Å². The second-order valence-corrected chi connectivity index (χ2v) is 3.97. The molecule has 2 rings (SSSR count). The van der Waals surface area contributed by atoms with Crippen molar-refractivity contribution in [1.29, 1.82) is 10.5 Å². The normalized spacial score (nSPS) is 23.3. The molecule has 0 aliphatic heterocycles. The van der Waals surface area contributed by atoms with Crippen LogP contribution in [-0.4, -0.2) is 5.92 Å². The van der Waals surface area contributed by atoms with Gasteiger partial charge in [0, 0.05) is 11.1 Å². The van der Waals surface area contributed by atoms with Crippen LogP contribution in [0.25, 0.3) is 9.69 Å². The number of rotatable bonds is 0. The Balaban J connectivity index is 2.91. The molecule has 0 spiro atoms. The van der Waals surface area contributed by atoms with Gasteiger partial charge in [0.05, 0.1) is 25.3 Å². The fraction of sp³-hybridized carbons (Fsp3) is 0.143. The lowest BCUT2D eigenvalue weighted by Gasteiger charge is -2.17. The Morgan fingerprint density at radius 2 is 1.70 bits per heavy atom. The van der Waals surface area contributed by atoms with Gasteiger partial charge in [-0.05, 0) is 17.6 Å². The number of hydrogen-bond acceptors (Lipinski definition) is 2. The van der Waals surface area contributed by atoms with Crippen LogP contribution in [0.1, 0.15) is 6.42 Å². The number of nitrogens with zero attached hydrogens (tertiary/aromatic N) is 4. The first-order valence-corrected chi connectivity index (χ1v) is 5.35. The molecule has 0 atom stereocenters. The van der Waals surface area contributed by atoms with Gasteiger partial charge in [0.1, 0.15) is 0 Å². The van der Waals surface area contributed by atoms with Crippen LogP contribution in [0.5, 0.6) is 0 Å². The highest BCUT2D eigenvalue weighted by Crippen LogP contribution is 2.54. The summed E-state index contributed by atoms with van der Waals surface area (Å²) in [5.41, 5.74) is -2.58. The number of hydrogen-bond donors (Lipinski definition) is 0. The van der Waals surface area contributed by atoms with E-state index in [1.165, 1.54) is 18.2 Å². The smallest absolute Gasteiger partial charge is 0.226 e. The van der Waals surface area contributed by atoms with Gasteiger partial charge in [0.15, 0.2) is 0 Å². The molecule has 0 saturated heterocycles. The standard InChI is InChI=1S/C14H4F2N4/c1-19-10(6-17)12-8-4-3-5-9(8)13(14(12,15)16)11(7-18)20-2/h3-4H,5H2/b12-10+,13-11+. The van der Waals surface area contributed by atoms with Gasteiger partial charge in [-0.25, -0.2) is 20.2 Å². The van der Waals surface area contributed by atoms with Crippen molar-refractivity contribution < 1.29 is 8.78 Å². The van der Waals surface area contributed by atoms with Gasteiger partial charge in [-0.3, -0.25) is 0 Å². The number of halogens is 2. The van der Waals surface area contributed by atoms with E-state index in [1.54, 1.807) is 6.08 Å². The van der Waals surface area contributed by atoms with E-state index in [0.29, 0.717) is 0 Å². The van der Waals surface area contributed by atoms with Crippen LogP contribution >= 0.6 is 0 Å². The van der Waals surface area contributed by atoms with E-state index in [1.807, 2.05) is 0 Å². The number of allylic oxidation sites excluding steroid dienone is 8. The average molecular weight is 266 g/mol. The maximum Gasteiger partial charge on any atom is 0.283 e. The predicted molar refractivity (Wildman–Crippen MR) is 64.2 cm³/mol. The molecule has 0 heterocycles. The third-order valence-corrected chi connectivity index (χ3v) is 3.04. The Morgan fingerprint density at radius 3 is 2.20 bits per heavy atom. The Bertz CT molecular complexity index is 764. The van der Waals surface area contributed by atoms with E-state index in [4.69, 9.17) is 23.7 Å². The highest BCUT2D eigenvalue weighted by atomic mass is 19.3. The van der Waals surface area contributed by atoms with Gasteiger partial charge in [0.2, 0.25) is 0 Å². The third kappa shape index (κ3) is 1.53. The first-order chi connectivity index (χ1) is 9.52. The van der Waals surface area contributed by atoms with E-state index in [9.17, 15) is 8.78 Å². The second kappa shape index (κ2) is 4.47. The average Bonchev–Trinajstić information content (AvgIpc) is 2.95. The zero-order valence-corrected chi connectivity index (χ0v) is 9.91. The molecule has 2 aliphatic carbocycles. The molecule has 2 aliphatic rings. The first-order valence-electron chi connectivity index (χ1n) is 5.35. The summed E-state index contributed by atoms with van der Waals surface area (Å²) >= 11 is 0. The van der Waals surface area contributed by atoms with E-state index in [2.05, 4.69) is 9.69 Å². The highest BCUT2D eigenvalue weighted by molar-refractivity contribution is 5.73. The van der Waals surface area contributed by atoms with Crippen LogP contribution in [0.4, 0.5) is 8.78 Å². The first kappa shape index (κ1) is 13.2. The van der Waals surface area contributed by atoms with Crippen molar-refractivity contribution in [3.8, 4) is 12.1 Å². The van der Waals surface area contributed by atoms with Crippen LogP contribution in [-0.2, 0) is 0 Å². The summed E-state index contributed by atoms with van der Waals surface area (Å²) < 4.78 is 28.9. The second-order valence-electron chi connectivity index (χ2n) is 3.97. The molecule has 0 N–H and O–H groups in total. The summed E-state index contributed by atoms with van der Waals surface area (Å²) in [5.74, 6) is -3.67. The van der Waals surface area contributed by atoms with Crippen molar-refractivity contribution in [3.05, 3.63) is 68.7 Å². The summed E-state index contributed by atoms with van der Waals surface area (Å²) in [7, 11) is 0. The summed E-state index contributed by atoms with van der Waals surface area (Å²) in [5, 5.41) is 17.7. The lowest BCUT2D eigenvalue weighted by molar-refractivity contribution is 0.0927. The molecule has 6 heteroatoms. The van der Waals surface area contributed by atoms with Gasteiger partial charge in [-0.15, -0.1) is 0 Å². The molecule has 4 nitrogen and oxygen atoms in total. The van der Waals surface area contributed by atoms with Crippen molar-refractivity contribution in [2.75, 3.05) is 0 Å². The minimum atomic E-state index is -3.67. The van der Waals surface area contributed by atoms with Crippen LogP contribution in [0, 0.1) is 35.8 Å². The molecular weight excluding hydrogens is 262 g/mol. The van der Waals surface area contributed by atoms with Crippen molar-refractivity contribution in [2.24, 2.45) is 0 Å². The lowest BCUT2D eigenvalue weighted by atomic mass is 9.99. The van der Waals surface area contributed by atoms with E-state index in [-0.39, 0.29) is 17.6 Å². The van der Waals surface area contributed by atoms with E-state index in [0.717, 1.165) is 0 Å². The zero-order chi connectivity index (χ0) is 14.9. The van der Waals surface area contributed by atoms with Crippen LogP contribution in [0.15, 0.2) is 45.8 Å². The molecule has 0 aromatic carbocycles. The van der Waals surface area contributed by atoms with Crippen molar-refractivity contribution in [3.63, 3.8) is 0 Å². The molecule has 0 fully saturated rings. The molecule has 20 heavy (non-hydrogen) atoms. The van der Waals surface area contributed by atoms with Crippen molar-refractivity contribution in [2.45, 2.75) is 12.3 Å². The Hall–Kier alpha value is -3.22. The quantitative estimate of drug-likeness (QED) is 0.499. The minimum absolute atomic E-state index is 0.0777. The fourth-order valence-corrected chi connectivity index (χ4v) is 2.30. The fourth-order valence-electron chi connectivity index (χ4n) is 2.30. The van der Waals surface area contributed by atoms with Crippen molar-refractivity contribution in [1.82, 2.24) is 0 Å². The Morgan fingerprint density at radius 1 is 1.15 bits per heavy atom. The summed E-state index contributed by atoms with van der Waals surface area (Å²) in [6.45, 7) is 13.7. The van der Waals surface area contributed by atoms with Gasteiger partial charge < -0.3 is 0 Å². The monoisotopic (exact) mass is 266 g/mol. The molecular formula is C14H4F2N4. The summed E-state index contributed by atoms with van der Waals surface area (Å²) in [4.78, 5) is 5.66. The van der Waals surface area contributed by atoms with Crippen molar-refractivity contribution >= 4 is 0 Å². The summed E-state index contributed by atoms with van der Waals surface area (Å²) in [6.07, 6.45) is 3.14. The predicted octanol–water partition coefficient (Wildman–Crippen LogP) is 3.29. The molecule has 0 aromatic rings. The molecule has 0 bridgehead atoms. The maximum atomic E-state index is 14.5. The topological polar surface area (TPSA) is 56.3 Å². The molecule has 0 saturated carbocycles. The van der Waals surface area contributed by atoms with Gasteiger partial charge in [0.25, 0.3) is 17.3 Å². The summed E-state index contributed by atoms with van der Waals surface area (Å²) in [6, 6.07) is 2.91. The van der Waals surface area contributed by atoms with Crippen LogP contribution < -0.4 is 0 Å². The van der Waals surface area contributed by atoms with Gasteiger partial charge in [-0.1, -0.05) is 12.2 Å². The molecule has 0 amide bonds. The van der Waals surface area contributed by atoms with Crippen LogP contribution in [0.3, 0.4) is 0 Å². The zero-order valence-electron chi connectivity index (χ0n) is 9.91. The highest BCUT2D eigenvalue weighted by Gasteiger charge is 2.51. The van der Waals surface area contributed by atoms with E-state index >= 15 is 0 Å². The molecule has 94 valence electrons. The van der Waals surface area contributed by atoms with E-state index < -0.39 is 28.5 Å². The number of alkyl halides is 2. The number of nitriles is 2. The Labute approximate surface area is 113 Å².